The molecular formula is C8H9S. The van der Waals surface area contributed by atoms with Gasteiger partial charge in [-0.25, -0.2) is 0 Å². The average Bonchev–Trinajstić information content (AvgIpc) is 1.91. The summed E-state index contributed by atoms with van der Waals surface area (Å²) >= 11 is 4.11. The van der Waals surface area contributed by atoms with Crippen LogP contribution in [0.5, 0.6) is 0 Å². The van der Waals surface area contributed by atoms with Crippen LogP contribution in [0.3, 0.4) is 0 Å². The molecule has 1 heteroatoms. The summed E-state index contributed by atoms with van der Waals surface area (Å²) in [5, 5.41) is 0. The lowest BCUT2D eigenvalue weighted by atomic mass is 10.2. The molecule has 9 heavy (non-hydrogen) atoms. The average molecular weight is 137 g/mol. The lowest BCUT2D eigenvalue weighted by molar-refractivity contribution is 1.16. The largest absolute Gasteiger partial charge is 0.179 e. The quantitative estimate of drug-likeness (QED) is 0.592. The van der Waals surface area contributed by atoms with E-state index < -0.39 is 0 Å². The minimum Gasteiger partial charge on any atom is -0.179 e. The fourth-order valence-electron chi connectivity index (χ4n) is 0.706. The van der Waals surface area contributed by atoms with Crippen LogP contribution in [-0.2, 0) is 6.42 Å². The highest BCUT2D eigenvalue weighted by atomic mass is 32.1. The van der Waals surface area contributed by atoms with Crippen molar-refractivity contribution >= 4 is 12.6 Å². The highest BCUT2D eigenvalue weighted by molar-refractivity contribution is 7.80. The Morgan fingerprint density at radius 1 is 1.44 bits per heavy atom. The second kappa shape index (κ2) is 3.57. The molecule has 0 aromatic heterocycles. The minimum atomic E-state index is 0.903. The normalized spacial score (nSPS) is 9.44. The molecule has 0 heterocycles. The SMILES string of the molecule is SCCc1[c]cccc1. The van der Waals surface area contributed by atoms with Gasteiger partial charge in [0.25, 0.3) is 0 Å². The summed E-state index contributed by atoms with van der Waals surface area (Å²) in [4.78, 5) is 0. The first-order valence-electron chi connectivity index (χ1n) is 3.00. The zero-order valence-electron chi connectivity index (χ0n) is 5.17. The topological polar surface area (TPSA) is 0 Å². The van der Waals surface area contributed by atoms with Gasteiger partial charge in [-0.2, -0.15) is 12.6 Å². The van der Waals surface area contributed by atoms with Crippen molar-refractivity contribution < 1.29 is 0 Å². The molecule has 1 radical (unpaired) electrons. The van der Waals surface area contributed by atoms with Crippen molar-refractivity contribution in [3.05, 3.63) is 35.9 Å². The molecule has 0 unspecified atom stereocenters. The third-order valence-corrected chi connectivity index (χ3v) is 1.38. The molecule has 1 aromatic rings. The molecule has 1 aromatic carbocycles. The Kier molecular flexibility index (Phi) is 2.65. The van der Waals surface area contributed by atoms with E-state index in [4.69, 9.17) is 0 Å². The molecule has 0 atom stereocenters. The molecule has 1 rings (SSSR count). The van der Waals surface area contributed by atoms with Gasteiger partial charge in [0.15, 0.2) is 0 Å². The number of rotatable bonds is 2. The summed E-state index contributed by atoms with van der Waals surface area (Å²) in [7, 11) is 0. The number of aryl methyl sites for hydroxylation is 1. The van der Waals surface area contributed by atoms with E-state index in [1.54, 1.807) is 0 Å². The van der Waals surface area contributed by atoms with E-state index in [9.17, 15) is 0 Å². The standard InChI is InChI=1S/C8H9S/c9-7-6-8-4-2-1-3-5-8/h1-4,9H,6-7H2. The number of hydrogen-bond donors (Lipinski definition) is 1. The summed E-state index contributed by atoms with van der Waals surface area (Å²) in [6.07, 6.45) is 1.02. The Hall–Kier alpha value is -0.430. The molecule has 47 valence electrons. The number of thiol groups is 1. The Labute approximate surface area is 61.3 Å². The van der Waals surface area contributed by atoms with Crippen LogP contribution >= 0.6 is 12.6 Å². The van der Waals surface area contributed by atoms with E-state index in [0.29, 0.717) is 0 Å². The van der Waals surface area contributed by atoms with Crippen LogP contribution in [0.15, 0.2) is 24.3 Å². The lowest BCUT2D eigenvalue weighted by Gasteiger charge is -1.92. The molecule has 0 saturated heterocycles. The smallest absolute Gasteiger partial charge is 0.00571 e. The maximum Gasteiger partial charge on any atom is -0.00571 e. The van der Waals surface area contributed by atoms with Crippen molar-refractivity contribution in [2.75, 3.05) is 5.75 Å². The van der Waals surface area contributed by atoms with Crippen molar-refractivity contribution in [2.24, 2.45) is 0 Å². The third-order valence-electron chi connectivity index (χ3n) is 1.15. The van der Waals surface area contributed by atoms with Gasteiger partial charge < -0.3 is 0 Å². The van der Waals surface area contributed by atoms with Crippen LogP contribution in [0.1, 0.15) is 5.56 Å². The molecule has 0 bridgehead atoms. The van der Waals surface area contributed by atoms with E-state index in [-0.39, 0.29) is 0 Å². The Morgan fingerprint density at radius 2 is 2.33 bits per heavy atom. The zero-order chi connectivity index (χ0) is 6.53. The number of benzene rings is 1. The first-order chi connectivity index (χ1) is 4.43. The second-order valence-electron chi connectivity index (χ2n) is 1.86. The van der Waals surface area contributed by atoms with E-state index in [0.717, 1.165) is 12.2 Å². The van der Waals surface area contributed by atoms with Gasteiger partial charge in [0.1, 0.15) is 0 Å². The Bertz CT molecular complexity index is 157. The molecule has 0 amide bonds. The van der Waals surface area contributed by atoms with Gasteiger partial charge in [-0.05, 0) is 23.8 Å². The van der Waals surface area contributed by atoms with Crippen LogP contribution in [-0.4, -0.2) is 5.75 Å². The van der Waals surface area contributed by atoms with Crippen LogP contribution in [0.4, 0.5) is 0 Å². The maximum atomic E-state index is 4.11. The number of hydrogen-bond acceptors (Lipinski definition) is 1. The van der Waals surface area contributed by atoms with Crippen molar-refractivity contribution in [3.8, 4) is 0 Å². The van der Waals surface area contributed by atoms with Gasteiger partial charge in [0.05, 0.1) is 0 Å². The summed E-state index contributed by atoms with van der Waals surface area (Å²) in [6.45, 7) is 0. The summed E-state index contributed by atoms with van der Waals surface area (Å²) in [6, 6.07) is 11.1. The van der Waals surface area contributed by atoms with Crippen LogP contribution < -0.4 is 0 Å². The molecule has 0 aliphatic heterocycles. The predicted octanol–water partition coefficient (Wildman–Crippen LogP) is 1.96. The summed E-state index contributed by atoms with van der Waals surface area (Å²) < 4.78 is 0. The first kappa shape index (κ1) is 6.69. The van der Waals surface area contributed by atoms with Crippen LogP contribution in [0.25, 0.3) is 0 Å². The third kappa shape index (κ3) is 2.10. The fourth-order valence-corrected chi connectivity index (χ4v) is 0.947. The highest BCUT2D eigenvalue weighted by Gasteiger charge is 1.85. The molecule has 0 fully saturated rings. The molecule has 0 aliphatic carbocycles. The molecule has 0 N–H and O–H groups in total. The summed E-state index contributed by atoms with van der Waals surface area (Å²) in [5.74, 6) is 0.903. The van der Waals surface area contributed by atoms with E-state index in [1.807, 2.05) is 18.2 Å². The van der Waals surface area contributed by atoms with Crippen molar-refractivity contribution in [2.45, 2.75) is 6.42 Å². The highest BCUT2D eigenvalue weighted by Crippen LogP contribution is 1.98. The van der Waals surface area contributed by atoms with Crippen LogP contribution in [0, 0.1) is 6.07 Å². The van der Waals surface area contributed by atoms with Gasteiger partial charge in [0.2, 0.25) is 0 Å². The zero-order valence-corrected chi connectivity index (χ0v) is 6.07. The van der Waals surface area contributed by atoms with Crippen molar-refractivity contribution in [1.29, 1.82) is 0 Å². The second-order valence-corrected chi connectivity index (χ2v) is 2.31. The molecule has 0 saturated carbocycles. The van der Waals surface area contributed by atoms with Gasteiger partial charge in [0, 0.05) is 0 Å². The van der Waals surface area contributed by atoms with Crippen molar-refractivity contribution in [3.63, 3.8) is 0 Å². The summed E-state index contributed by atoms with van der Waals surface area (Å²) in [5.41, 5.74) is 1.24. The van der Waals surface area contributed by atoms with E-state index >= 15 is 0 Å². The fraction of sp³-hybridized carbons (Fsp3) is 0.250. The van der Waals surface area contributed by atoms with Crippen LogP contribution in [0.2, 0.25) is 0 Å². The maximum absolute atomic E-state index is 4.11. The lowest BCUT2D eigenvalue weighted by Crippen LogP contribution is -1.83. The molecule has 0 aliphatic rings. The monoisotopic (exact) mass is 137 g/mol. The predicted molar refractivity (Wildman–Crippen MR) is 42.8 cm³/mol. The molecule has 0 nitrogen and oxygen atoms in total. The van der Waals surface area contributed by atoms with E-state index in [1.165, 1.54) is 5.56 Å². The van der Waals surface area contributed by atoms with Gasteiger partial charge in [-0.3, -0.25) is 0 Å². The minimum absolute atomic E-state index is 0.903. The Balaban J connectivity index is 2.61. The van der Waals surface area contributed by atoms with Crippen molar-refractivity contribution in [1.82, 2.24) is 0 Å². The van der Waals surface area contributed by atoms with E-state index in [2.05, 4.69) is 24.8 Å². The van der Waals surface area contributed by atoms with Gasteiger partial charge >= 0.3 is 0 Å². The van der Waals surface area contributed by atoms with Gasteiger partial charge in [-0.1, -0.05) is 24.3 Å². The van der Waals surface area contributed by atoms with Gasteiger partial charge in [-0.15, -0.1) is 0 Å². The molecular weight excluding hydrogens is 128 g/mol. The molecule has 0 spiro atoms. The first-order valence-corrected chi connectivity index (χ1v) is 3.63. The Morgan fingerprint density at radius 3 is 2.89 bits per heavy atom.